The Bertz CT molecular complexity index is 1050. The van der Waals surface area contributed by atoms with E-state index in [1.54, 1.807) is 17.1 Å². The second-order valence-electron chi connectivity index (χ2n) is 6.97. The molecule has 6 heteroatoms. The molecule has 2 amide bonds. The molecule has 4 aromatic rings. The van der Waals surface area contributed by atoms with Gasteiger partial charge in [-0.15, -0.1) is 0 Å². The van der Waals surface area contributed by atoms with Crippen molar-refractivity contribution in [3.63, 3.8) is 0 Å². The summed E-state index contributed by atoms with van der Waals surface area (Å²) in [6, 6.07) is 25.2. The van der Waals surface area contributed by atoms with E-state index >= 15 is 0 Å². The van der Waals surface area contributed by atoms with Gasteiger partial charge in [0.1, 0.15) is 0 Å². The fourth-order valence-electron chi connectivity index (χ4n) is 3.33. The Morgan fingerprint density at radius 3 is 2.23 bits per heavy atom. The van der Waals surface area contributed by atoms with Crippen LogP contribution in [-0.4, -0.2) is 20.8 Å². The highest BCUT2D eigenvalue weighted by atomic mass is 16.2. The Balaban J connectivity index is 1.45. The SMILES string of the molecule is Cn1nc(-c2cccnc2)cc1CNC(=O)NC(c1ccccc1)c1ccccc1. The summed E-state index contributed by atoms with van der Waals surface area (Å²) in [5.74, 6) is 0. The van der Waals surface area contributed by atoms with E-state index in [1.807, 2.05) is 85.9 Å². The number of hydrogen-bond donors (Lipinski definition) is 2. The number of aryl methyl sites for hydroxylation is 1. The topological polar surface area (TPSA) is 71.8 Å². The number of aromatic nitrogens is 3. The predicted octanol–water partition coefficient (Wildman–Crippen LogP) is 4.07. The third kappa shape index (κ3) is 4.55. The first-order chi connectivity index (χ1) is 14.7. The third-order valence-electron chi connectivity index (χ3n) is 4.91. The number of pyridine rings is 1. The molecule has 4 rings (SSSR count). The van der Waals surface area contributed by atoms with Crippen LogP contribution in [0.25, 0.3) is 11.3 Å². The molecule has 0 saturated heterocycles. The van der Waals surface area contributed by atoms with Crippen molar-refractivity contribution in [2.24, 2.45) is 7.05 Å². The molecule has 0 atom stereocenters. The van der Waals surface area contributed by atoms with E-state index in [0.29, 0.717) is 6.54 Å². The highest BCUT2D eigenvalue weighted by molar-refractivity contribution is 5.75. The minimum absolute atomic E-state index is 0.232. The Hall–Kier alpha value is -3.93. The maximum atomic E-state index is 12.7. The van der Waals surface area contributed by atoms with Crippen LogP contribution in [0.3, 0.4) is 0 Å². The molecule has 6 nitrogen and oxygen atoms in total. The molecular weight excluding hydrogens is 374 g/mol. The number of carbonyl (C=O) groups is 1. The van der Waals surface area contributed by atoms with Crippen molar-refractivity contribution in [1.82, 2.24) is 25.4 Å². The van der Waals surface area contributed by atoms with Crippen LogP contribution in [0.15, 0.2) is 91.3 Å². The van der Waals surface area contributed by atoms with Crippen molar-refractivity contribution in [3.05, 3.63) is 108 Å². The van der Waals surface area contributed by atoms with Gasteiger partial charge in [-0.3, -0.25) is 9.67 Å². The van der Waals surface area contributed by atoms with Crippen LogP contribution >= 0.6 is 0 Å². The van der Waals surface area contributed by atoms with Crippen molar-refractivity contribution < 1.29 is 4.79 Å². The van der Waals surface area contributed by atoms with Crippen LogP contribution in [0.5, 0.6) is 0 Å². The van der Waals surface area contributed by atoms with Crippen molar-refractivity contribution in [1.29, 1.82) is 0 Å². The van der Waals surface area contributed by atoms with Gasteiger partial charge >= 0.3 is 6.03 Å². The van der Waals surface area contributed by atoms with Crippen molar-refractivity contribution in [2.45, 2.75) is 12.6 Å². The summed E-state index contributed by atoms with van der Waals surface area (Å²) in [5.41, 5.74) is 4.72. The fourth-order valence-corrected chi connectivity index (χ4v) is 3.33. The van der Waals surface area contributed by atoms with Crippen LogP contribution in [0.4, 0.5) is 4.79 Å². The van der Waals surface area contributed by atoms with Crippen LogP contribution < -0.4 is 10.6 Å². The molecule has 0 aliphatic rings. The molecule has 2 N–H and O–H groups in total. The maximum absolute atomic E-state index is 12.7. The van der Waals surface area contributed by atoms with E-state index < -0.39 is 0 Å². The number of hydrogen-bond acceptors (Lipinski definition) is 3. The highest BCUT2D eigenvalue weighted by Crippen LogP contribution is 2.22. The number of nitrogens with one attached hydrogen (secondary N) is 2. The van der Waals surface area contributed by atoms with Gasteiger partial charge in [-0.1, -0.05) is 60.7 Å². The summed E-state index contributed by atoms with van der Waals surface area (Å²) in [6.07, 6.45) is 3.51. The molecule has 2 aromatic carbocycles. The Kier molecular flexibility index (Phi) is 5.85. The summed E-state index contributed by atoms with van der Waals surface area (Å²) < 4.78 is 1.77. The first kappa shape index (κ1) is 19.4. The molecule has 0 unspecified atom stereocenters. The van der Waals surface area contributed by atoms with Crippen molar-refractivity contribution >= 4 is 6.03 Å². The van der Waals surface area contributed by atoms with Crippen LogP contribution in [0.1, 0.15) is 22.9 Å². The fraction of sp³-hybridized carbons (Fsp3) is 0.125. The first-order valence-electron chi connectivity index (χ1n) is 9.78. The quantitative estimate of drug-likeness (QED) is 0.515. The van der Waals surface area contributed by atoms with E-state index in [0.717, 1.165) is 28.1 Å². The average molecular weight is 397 g/mol. The molecule has 150 valence electrons. The second-order valence-corrected chi connectivity index (χ2v) is 6.97. The highest BCUT2D eigenvalue weighted by Gasteiger charge is 2.17. The molecule has 30 heavy (non-hydrogen) atoms. The van der Waals surface area contributed by atoms with Crippen LogP contribution in [0.2, 0.25) is 0 Å². The molecular formula is C24H23N5O. The molecule has 0 bridgehead atoms. The Labute approximate surface area is 175 Å². The Morgan fingerprint density at radius 2 is 1.63 bits per heavy atom. The van der Waals surface area contributed by atoms with Gasteiger partial charge in [0.05, 0.1) is 24.0 Å². The molecule has 2 aromatic heterocycles. The molecule has 0 aliphatic carbocycles. The van der Waals surface area contributed by atoms with Crippen LogP contribution in [-0.2, 0) is 13.6 Å². The van der Waals surface area contributed by atoms with E-state index in [2.05, 4.69) is 20.7 Å². The van der Waals surface area contributed by atoms with Gasteiger partial charge in [0.2, 0.25) is 0 Å². The summed E-state index contributed by atoms with van der Waals surface area (Å²) in [6.45, 7) is 0.367. The van der Waals surface area contributed by atoms with Gasteiger partial charge in [-0.25, -0.2) is 4.79 Å². The monoisotopic (exact) mass is 397 g/mol. The summed E-state index contributed by atoms with van der Waals surface area (Å²) in [4.78, 5) is 16.8. The minimum Gasteiger partial charge on any atom is -0.333 e. The lowest BCUT2D eigenvalue weighted by Crippen LogP contribution is -2.38. The number of urea groups is 1. The van der Waals surface area contributed by atoms with Gasteiger partial charge < -0.3 is 10.6 Å². The average Bonchev–Trinajstić information content (AvgIpc) is 3.18. The third-order valence-corrected chi connectivity index (χ3v) is 4.91. The number of rotatable bonds is 6. The minimum atomic E-state index is -0.239. The number of nitrogens with zero attached hydrogens (tertiary/aromatic N) is 3. The number of amides is 2. The molecule has 0 radical (unpaired) electrons. The zero-order chi connectivity index (χ0) is 20.8. The standard InChI is InChI=1S/C24H23N5O/c1-29-21(15-22(28-29)20-13-8-14-25-16-20)17-26-24(30)27-23(18-9-4-2-5-10-18)19-11-6-3-7-12-19/h2-16,23H,17H2,1H3,(H2,26,27,30). The normalized spacial score (nSPS) is 10.7. The van der Waals surface area contributed by atoms with Crippen molar-refractivity contribution in [3.8, 4) is 11.3 Å². The lowest BCUT2D eigenvalue weighted by atomic mass is 9.99. The summed E-state index contributed by atoms with van der Waals surface area (Å²) in [5, 5.41) is 10.6. The number of carbonyl (C=O) groups excluding carboxylic acids is 1. The lowest BCUT2D eigenvalue weighted by molar-refractivity contribution is 0.238. The smallest absolute Gasteiger partial charge is 0.315 e. The van der Waals surface area contributed by atoms with Gasteiger partial charge in [0, 0.05) is 25.0 Å². The van der Waals surface area contributed by atoms with Gasteiger partial charge in [-0.05, 0) is 29.3 Å². The van der Waals surface area contributed by atoms with Crippen molar-refractivity contribution in [2.75, 3.05) is 0 Å². The van der Waals surface area contributed by atoms with E-state index in [-0.39, 0.29) is 12.1 Å². The molecule has 2 heterocycles. The van der Waals surface area contributed by atoms with Gasteiger partial charge in [0.25, 0.3) is 0 Å². The molecule has 0 spiro atoms. The zero-order valence-electron chi connectivity index (χ0n) is 16.7. The van der Waals surface area contributed by atoms with Crippen LogP contribution in [0, 0.1) is 0 Å². The summed E-state index contributed by atoms with van der Waals surface area (Å²) >= 11 is 0. The Morgan fingerprint density at radius 1 is 0.967 bits per heavy atom. The van der Waals surface area contributed by atoms with Gasteiger partial charge in [0.15, 0.2) is 0 Å². The zero-order valence-corrected chi connectivity index (χ0v) is 16.7. The summed E-state index contributed by atoms with van der Waals surface area (Å²) in [7, 11) is 1.87. The molecule has 0 fully saturated rings. The van der Waals surface area contributed by atoms with E-state index in [1.165, 1.54) is 0 Å². The van der Waals surface area contributed by atoms with E-state index in [4.69, 9.17) is 0 Å². The molecule has 0 saturated carbocycles. The maximum Gasteiger partial charge on any atom is 0.315 e. The second kappa shape index (κ2) is 9.05. The van der Waals surface area contributed by atoms with E-state index in [9.17, 15) is 4.79 Å². The number of benzene rings is 2. The predicted molar refractivity (Wildman–Crippen MR) is 117 cm³/mol. The largest absolute Gasteiger partial charge is 0.333 e. The van der Waals surface area contributed by atoms with Gasteiger partial charge in [-0.2, -0.15) is 5.10 Å². The first-order valence-corrected chi connectivity index (χ1v) is 9.78. The lowest BCUT2D eigenvalue weighted by Gasteiger charge is -2.20. The molecule has 0 aliphatic heterocycles.